The summed E-state index contributed by atoms with van der Waals surface area (Å²) in [5.74, 6) is 5.32. The van der Waals surface area contributed by atoms with Crippen LogP contribution in [0, 0.1) is 11.8 Å². The quantitative estimate of drug-likeness (QED) is 0.661. The SMILES string of the molecule is COc1ccc(C#CCO)cc1N1C(=O)CCCCC1=O. The van der Waals surface area contributed by atoms with Crippen molar-refractivity contribution in [2.45, 2.75) is 25.7 Å². The number of carbonyl (C=O) groups is 2. The van der Waals surface area contributed by atoms with E-state index in [1.165, 1.54) is 12.0 Å². The van der Waals surface area contributed by atoms with Crippen LogP contribution in [0.5, 0.6) is 5.75 Å². The van der Waals surface area contributed by atoms with Gasteiger partial charge in [0.2, 0.25) is 11.8 Å². The number of hydrogen-bond donors (Lipinski definition) is 1. The number of anilines is 1. The predicted molar refractivity (Wildman–Crippen MR) is 77.9 cm³/mol. The molecule has 1 aliphatic rings. The van der Waals surface area contributed by atoms with Gasteiger partial charge in [0.05, 0.1) is 12.8 Å². The molecule has 1 aliphatic heterocycles. The van der Waals surface area contributed by atoms with Crippen molar-refractivity contribution in [1.29, 1.82) is 0 Å². The van der Waals surface area contributed by atoms with E-state index in [0.29, 0.717) is 42.7 Å². The third kappa shape index (κ3) is 3.41. The zero-order chi connectivity index (χ0) is 15.2. The van der Waals surface area contributed by atoms with Crippen LogP contribution in [0.15, 0.2) is 18.2 Å². The first-order chi connectivity index (χ1) is 10.2. The van der Waals surface area contributed by atoms with Crippen molar-refractivity contribution >= 4 is 17.5 Å². The second kappa shape index (κ2) is 6.91. The number of aliphatic hydroxyl groups is 1. The molecule has 1 fully saturated rings. The normalized spacial score (nSPS) is 15.2. The molecule has 1 saturated heterocycles. The van der Waals surface area contributed by atoms with E-state index in [0.717, 1.165) is 0 Å². The van der Waals surface area contributed by atoms with Crippen molar-refractivity contribution in [3.63, 3.8) is 0 Å². The standard InChI is InChI=1S/C16H17NO4/c1-21-14-9-8-12(5-4-10-18)11-13(14)17-15(19)6-2-3-7-16(17)20/h8-9,11,18H,2-3,6-7,10H2,1H3. The zero-order valence-electron chi connectivity index (χ0n) is 11.9. The Labute approximate surface area is 123 Å². The number of rotatable bonds is 2. The number of amides is 2. The summed E-state index contributed by atoms with van der Waals surface area (Å²) >= 11 is 0. The number of ether oxygens (including phenoxy) is 1. The largest absolute Gasteiger partial charge is 0.495 e. The van der Waals surface area contributed by atoms with Gasteiger partial charge in [0.25, 0.3) is 0 Å². The number of nitrogens with zero attached hydrogens (tertiary/aromatic N) is 1. The molecule has 0 unspecified atom stereocenters. The highest BCUT2D eigenvalue weighted by Gasteiger charge is 2.28. The molecule has 1 aromatic rings. The fourth-order valence-electron chi connectivity index (χ4n) is 2.27. The van der Waals surface area contributed by atoms with Crippen LogP contribution in [0.4, 0.5) is 5.69 Å². The molecule has 0 atom stereocenters. The van der Waals surface area contributed by atoms with Crippen LogP contribution in [0.25, 0.3) is 0 Å². The highest BCUT2D eigenvalue weighted by Crippen LogP contribution is 2.32. The maximum Gasteiger partial charge on any atom is 0.233 e. The summed E-state index contributed by atoms with van der Waals surface area (Å²) in [5, 5.41) is 8.75. The smallest absolute Gasteiger partial charge is 0.233 e. The molecule has 21 heavy (non-hydrogen) atoms. The van der Waals surface area contributed by atoms with E-state index in [9.17, 15) is 9.59 Å². The van der Waals surface area contributed by atoms with Gasteiger partial charge in [-0.05, 0) is 31.0 Å². The number of benzene rings is 1. The van der Waals surface area contributed by atoms with E-state index in [-0.39, 0.29) is 18.4 Å². The van der Waals surface area contributed by atoms with E-state index in [2.05, 4.69) is 11.8 Å². The molecule has 110 valence electrons. The lowest BCUT2D eigenvalue weighted by Gasteiger charge is -2.21. The summed E-state index contributed by atoms with van der Waals surface area (Å²) in [4.78, 5) is 25.6. The molecule has 0 radical (unpaired) electrons. The maximum absolute atomic E-state index is 12.2. The first-order valence-corrected chi connectivity index (χ1v) is 6.81. The lowest BCUT2D eigenvalue weighted by molar-refractivity contribution is -0.125. The van der Waals surface area contributed by atoms with Gasteiger partial charge in [-0.1, -0.05) is 11.8 Å². The minimum absolute atomic E-state index is 0.219. The maximum atomic E-state index is 12.2. The van der Waals surface area contributed by atoms with Gasteiger partial charge in [0.1, 0.15) is 12.4 Å². The molecule has 0 aliphatic carbocycles. The average Bonchev–Trinajstić information content (AvgIpc) is 2.65. The molecule has 1 aromatic carbocycles. The number of methoxy groups -OCH3 is 1. The van der Waals surface area contributed by atoms with E-state index in [4.69, 9.17) is 9.84 Å². The van der Waals surface area contributed by atoms with Gasteiger partial charge in [-0.15, -0.1) is 0 Å². The fraction of sp³-hybridized carbons (Fsp3) is 0.375. The molecular weight excluding hydrogens is 270 g/mol. The van der Waals surface area contributed by atoms with E-state index in [1.54, 1.807) is 18.2 Å². The molecule has 2 amide bonds. The summed E-state index contributed by atoms with van der Waals surface area (Å²) in [6, 6.07) is 5.03. The highest BCUT2D eigenvalue weighted by molar-refractivity contribution is 6.16. The molecule has 5 heteroatoms. The summed E-state index contributed by atoms with van der Waals surface area (Å²) in [5.41, 5.74) is 1.03. The molecule has 0 saturated carbocycles. The summed E-state index contributed by atoms with van der Waals surface area (Å²) in [6.45, 7) is -0.247. The molecular formula is C16H17NO4. The van der Waals surface area contributed by atoms with Gasteiger partial charge in [-0.3, -0.25) is 9.59 Å². The van der Waals surface area contributed by atoms with Crippen LogP contribution in [0.2, 0.25) is 0 Å². The van der Waals surface area contributed by atoms with E-state index in [1.807, 2.05) is 0 Å². The second-order valence-electron chi connectivity index (χ2n) is 4.68. The lowest BCUT2D eigenvalue weighted by Crippen LogP contribution is -2.35. The predicted octanol–water partition coefficient (Wildman–Crippen LogP) is 1.47. The first-order valence-electron chi connectivity index (χ1n) is 6.81. The Kier molecular flexibility index (Phi) is 4.96. The Morgan fingerprint density at radius 2 is 1.90 bits per heavy atom. The summed E-state index contributed by atoms with van der Waals surface area (Å²) < 4.78 is 5.25. The van der Waals surface area contributed by atoms with Gasteiger partial charge >= 0.3 is 0 Å². The molecule has 1 N–H and O–H groups in total. The fourth-order valence-corrected chi connectivity index (χ4v) is 2.27. The van der Waals surface area contributed by atoms with E-state index >= 15 is 0 Å². The van der Waals surface area contributed by atoms with E-state index < -0.39 is 0 Å². The molecule has 0 bridgehead atoms. The van der Waals surface area contributed by atoms with Crippen LogP contribution in [-0.4, -0.2) is 30.6 Å². The van der Waals surface area contributed by atoms with Gasteiger partial charge < -0.3 is 9.84 Å². The second-order valence-corrected chi connectivity index (χ2v) is 4.68. The minimum atomic E-state index is -0.247. The Morgan fingerprint density at radius 3 is 2.48 bits per heavy atom. The Balaban J connectivity index is 2.47. The van der Waals surface area contributed by atoms with Gasteiger partial charge in [0, 0.05) is 18.4 Å². The van der Waals surface area contributed by atoms with Crippen LogP contribution < -0.4 is 9.64 Å². The molecule has 1 heterocycles. The van der Waals surface area contributed by atoms with Gasteiger partial charge in [-0.2, -0.15) is 0 Å². The van der Waals surface area contributed by atoms with Crippen molar-refractivity contribution in [1.82, 2.24) is 0 Å². The Morgan fingerprint density at radius 1 is 1.24 bits per heavy atom. The van der Waals surface area contributed by atoms with Gasteiger partial charge in [-0.25, -0.2) is 4.90 Å². The number of aliphatic hydroxyl groups excluding tert-OH is 1. The Bertz CT molecular complexity index is 594. The van der Waals surface area contributed by atoms with Crippen LogP contribution in [0.3, 0.4) is 0 Å². The topological polar surface area (TPSA) is 66.8 Å². The molecule has 5 nitrogen and oxygen atoms in total. The van der Waals surface area contributed by atoms with Crippen molar-refractivity contribution < 1.29 is 19.4 Å². The van der Waals surface area contributed by atoms with Crippen molar-refractivity contribution in [3.05, 3.63) is 23.8 Å². The Hall–Kier alpha value is -2.32. The lowest BCUT2D eigenvalue weighted by atomic mass is 10.1. The summed E-state index contributed by atoms with van der Waals surface area (Å²) in [6.07, 6.45) is 2.13. The average molecular weight is 287 g/mol. The highest BCUT2D eigenvalue weighted by atomic mass is 16.5. The van der Waals surface area contributed by atoms with Crippen LogP contribution in [0.1, 0.15) is 31.2 Å². The minimum Gasteiger partial charge on any atom is -0.495 e. The van der Waals surface area contributed by atoms with Crippen molar-refractivity contribution in [2.24, 2.45) is 0 Å². The van der Waals surface area contributed by atoms with Gasteiger partial charge in [0.15, 0.2) is 0 Å². The molecule has 2 rings (SSSR count). The van der Waals surface area contributed by atoms with Crippen molar-refractivity contribution in [2.75, 3.05) is 18.6 Å². The van der Waals surface area contributed by atoms with Crippen LogP contribution in [-0.2, 0) is 9.59 Å². The molecule has 0 aromatic heterocycles. The van der Waals surface area contributed by atoms with Crippen LogP contribution >= 0.6 is 0 Å². The monoisotopic (exact) mass is 287 g/mol. The first kappa shape index (κ1) is 15.1. The number of carbonyl (C=O) groups excluding carboxylic acids is 2. The number of hydrogen-bond acceptors (Lipinski definition) is 4. The summed E-state index contributed by atoms with van der Waals surface area (Å²) in [7, 11) is 1.49. The molecule has 0 spiro atoms. The zero-order valence-corrected chi connectivity index (χ0v) is 11.9. The third-order valence-corrected chi connectivity index (χ3v) is 3.26. The third-order valence-electron chi connectivity index (χ3n) is 3.26. The van der Waals surface area contributed by atoms with Crippen molar-refractivity contribution in [3.8, 4) is 17.6 Å². The number of imide groups is 1.